The summed E-state index contributed by atoms with van der Waals surface area (Å²) < 4.78 is 16.4. The summed E-state index contributed by atoms with van der Waals surface area (Å²) in [6.07, 6.45) is 2.57. The summed E-state index contributed by atoms with van der Waals surface area (Å²) in [5.41, 5.74) is 0. The van der Waals surface area contributed by atoms with Crippen molar-refractivity contribution in [2.75, 3.05) is 13.2 Å². The van der Waals surface area contributed by atoms with Gasteiger partial charge in [0.2, 0.25) is 0 Å². The third-order valence-electron chi connectivity index (χ3n) is 2.88. The lowest BCUT2D eigenvalue weighted by Gasteiger charge is -2.38. The van der Waals surface area contributed by atoms with Crippen LogP contribution in [0.1, 0.15) is 26.2 Å². The zero-order valence-electron chi connectivity index (χ0n) is 8.52. The molecule has 4 nitrogen and oxygen atoms in total. The molecule has 2 fully saturated rings. The molecule has 0 saturated carbocycles. The van der Waals surface area contributed by atoms with E-state index in [0.717, 1.165) is 25.9 Å². The Morgan fingerprint density at radius 2 is 2.14 bits per heavy atom. The van der Waals surface area contributed by atoms with E-state index in [1.54, 1.807) is 0 Å². The van der Waals surface area contributed by atoms with Crippen LogP contribution in [-0.2, 0) is 14.2 Å². The zero-order valence-corrected chi connectivity index (χ0v) is 8.52. The smallest absolute Gasteiger partial charge is 0.163 e. The Kier molecular flexibility index (Phi) is 3.38. The molecule has 14 heavy (non-hydrogen) atoms. The van der Waals surface area contributed by atoms with Crippen molar-refractivity contribution in [3.63, 3.8) is 0 Å². The molecular formula is C10H18O4. The summed E-state index contributed by atoms with van der Waals surface area (Å²) in [5.74, 6) is 0.391. The number of hydrogen-bond acceptors (Lipinski definition) is 4. The number of ether oxygens (including phenoxy) is 3. The normalized spacial score (nSPS) is 43.3. The average molecular weight is 202 g/mol. The molecule has 2 aliphatic heterocycles. The Bertz CT molecular complexity index is 179. The van der Waals surface area contributed by atoms with Crippen molar-refractivity contribution < 1.29 is 19.3 Å². The summed E-state index contributed by atoms with van der Waals surface area (Å²) in [5, 5.41) is 8.99. The van der Waals surface area contributed by atoms with Gasteiger partial charge < -0.3 is 19.3 Å². The minimum absolute atomic E-state index is 0.0590. The van der Waals surface area contributed by atoms with Crippen molar-refractivity contribution in [3.8, 4) is 0 Å². The third-order valence-corrected chi connectivity index (χ3v) is 2.88. The predicted molar refractivity (Wildman–Crippen MR) is 49.6 cm³/mol. The van der Waals surface area contributed by atoms with Crippen LogP contribution in [0.2, 0.25) is 0 Å². The standard InChI is InChI=1S/C10H18O4/c1-7-2-3-8(6-11)13-10(7)14-9-4-5-12-9/h7-11H,2-6H2,1H3/t7-,8?,9+,10+/m1/s1. The fourth-order valence-electron chi connectivity index (χ4n) is 1.75. The first-order valence-corrected chi connectivity index (χ1v) is 5.33. The Balaban J connectivity index is 1.80. The maximum atomic E-state index is 8.99. The van der Waals surface area contributed by atoms with E-state index >= 15 is 0 Å². The molecule has 0 aromatic carbocycles. The van der Waals surface area contributed by atoms with Gasteiger partial charge in [0.15, 0.2) is 12.6 Å². The molecule has 4 atom stereocenters. The highest BCUT2D eigenvalue weighted by Crippen LogP contribution is 2.28. The van der Waals surface area contributed by atoms with E-state index < -0.39 is 0 Å². The van der Waals surface area contributed by atoms with Crippen molar-refractivity contribution >= 4 is 0 Å². The second-order valence-corrected chi connectivity index (χ2v) is 4.09. The Morgan fingerprint density at radius 3 is 2.71 bits per heavy atom. The van der Waals surface area contributed by atoms with E-state index in [0.29, 0.717) is 5.92 Å². The largest absolute Gasteiger partial charge is 0.394 e. The molecule has 4 heteroatoms. The van der Waals surface area contributed by atoms with Crippen LogP contribution in [0.25, 0.3) is 0 Å². The summed E-state index contributed by atoms with van der Waals surface area (Å²) in [6, 6.07) is 0. The van der Waals surface area contributed by atoms with Crippen molar-refractivity contribution in [1.82, 2.24) is 0 Å². The van der Waals surface area contributed by atoms with Gasteiger partial charge in [0.1, 0.15) is 0 Å². The molecule has 2 rings (SSSR count). The Morgan fingerprint density at radius 1 is 1.36 bits per heavy atom. The molecule has 82 valence electrons. The second kappa shape index (κ2) is 4.57. The summed E-state index contributed by atoms with van der Waals surface area (Å²) in [6.45, 7) is 2.98. The molecule has 0 amide bonds. The minimum atomic E-state index is -0.203. The van der Waals surface area contributed by atoms with Crippen molar-refractivity contribution in [2.24, 2.45) is 5.92 Å². The average Bonchev–Trinajstić information content (AvgIpc) is 2.14. The van der Waals surface area contributed by atoms with Crippen LogP contribution in [0, 0.1) is 5.92 Å². The molecule has 2 heterocycles. The fraction of sp³-hybridized carbons (Fsp3) is 1.00. The van der Waals surface area contributed by atoms with Crippen molar-refractivity contribution in [3.05, 3.63) is 0 Å². The number of rotatable bonds is 3. The lowest BCUT2D eigenvalue weighted by atomic mass is 9.99. The highest BCUT2D eigenvalue weighted by atomic mass is 16.8. The Labute approximate surface area is 84.1 Å². The number of aliphatic hydroxyl groups excluding tert-OH is 1. The summed E-state index contributed by atoms with van der Waals surface area (Å²) in [4.78, 5) is 0. The van der Waals surface area contributed by atoms with Gasteiger partial charge in [-0.15, -0.1) is 0 Å². The quantitative estimate of drug-likeness (QED) is 0.738. The number of hydrogen-bond donors (Lipinski definition) is 1. The molecule has 1 unspecified atom stereocenters. The highest BCUT2D eigenvalue weighted by molar-refractivity contribution is 4.72. The first-order valence-electron chi connectivity index (χ1n) is 5.33. The third kappa shape index (κ3) is 2.25. The van der Waals surface area contributed by atoms with Gasteiger partial charge in [-0.3, -0.25) is 0 Å². The molecular weight excluding hydrogens is 184 g/mol. The molecule has 0 aliphatic carbocycles. The van der Waals surface area contributed by atoms with Crippen LogP contribution in [0.15, 0.2) is 0 Å². The first-order chi connectivity index (χ1) is 6.79. The number of aliphatic hydroxyl groups is 1. The van der Waals surface area contributed by atoms with E-state index in [1.165, 1.54) is 0 Å². The minimum Gasteiger partial charge on any atom is -0.394 e. The molecule has 0 spiro atoms. The van der Waals surface area contributed by atoms with E-state index in [-0.39, 0.29) is 25.3 Å². The zero-order chi connectivity index (χ0) is 9.97. The van der Waals surface area contributed by atoms with Crippen LogP contribution >= 0.6 is 0 Å². The summed E-state index contributed by atoms with van der Waals surface area (Å²) >= 11 is 0. The van der Waals surface area contributed by atoms with Gasteiger partial charge in [0, 0.05) is 12.3 Å². The van der Waals surface area contributed by atoms with Crippen molar-refractivity contribution in [1.29, 1.82) is 0 Å². The van der Waals surface area contributed by atoms with E-state index in [4.69, 9.17) is 19.3 Å². The molecule has 0 radical (unpaired) electrons. The lowest BCUT2D eigenvalue weighted by Crippen LogP contribution is -2.42. The maximum Gasteiger partial charge on any atom is 0.163 e. The van der Waals surface area contributed by atoms with E-state index in [2.05, 4.69) is 6.92 Å². The molecule has 2 saturated heterocycles. The maximum absolute atomic E-state index is 8.99. The topological polar surface area (TPSA) is 47.9 Å². The highest BCUT2D eigenvalue weighted by Gasteiger charge is 2.32. The van der Waals surface area contributed by atoms with Crippen LogP contribution in [-0.4, -0.2) is 37.0 Å². The van der Waals surface area contributed by atoms with Crippen LogP contribution in [0.3, 0.4) is 0 Å². The van der Waals surface area contributed by atoms with Gasteiger partial charge >= 0.3 is 0 Å². The summed E-state index contributed by atoms with van der Waals surface area (Å²) in [7, 11) is 0. The monoisotopic (exact) mass is 202 g/mol. The van der Waals surface area contributed by atoms with E-state index in [1.807, 2.05) is 0 Å². The van der Waals surface area contributed by atoms with Gasteiger partial charge in [0.05, 0.1) is 19.3 Å². The van der Waals surface area contributed by atoms with Gasteiger partial charge in [-0.25, -0.2) is 0 Å². The lowest BCUT2D eigenvalue weighted by molar-refractivity contribution is -0.320. The molecule has 0 aromatic heterocycles. The van der Waals surface area contributed by atoms with Gasteiger partial charge in [-0.2, -0.15) is 0 Å². The van der Waals surface area contributed by atoms with Gasteiger partial charge in [-0.1, -0.05) is 6.92 Å². The molecule has 0 bridgehead atoms. The van der Waals surface area contributed by atoms with Crippen LogP contribution in [0.5, 0.6) is 0 Å². The second-order valence-electron chi connectivity index (χ2n) is 4.09. The Hall–Kier alpha value is -0.160. The SMILES string of the molecule is C[C@@H]1CCC(CO)O[C@H]1O[C@H]1CCO1. The van der Waals surface area contributed by atoms with E-state index in [9.17, 15) is 0 Å². The molecule has 2 aliphatic rings. The molecule has 0 aromatic rings. The first kappa shape index (κ1) is 10.4. The van der Waals surface area contributed by atoms with Gasteiger partial charge in [0.25, 0.3) is 0 Å². The van der Waals surface area contributed by atoms with Gasteiger partial charge in [-0.05, 0) is 12.8 Å². The van der Waals surface area contributed by atoms with Crippen LogP contribution < -0.4 is 0 Å². The predicted octanol–water partition coefficient (Wildman–Crippen LogP) is 0.883. The molecule has 1 N–H and O–H groups in total. The fourth-order valence-corrected chi connectivity index (χ4v) is 1.75. The van der Waals surface area contributed by atoms with Crippen molar-refractivity contribution in [2.45, 2.75) is 44.9 Å². The van der Waals surface area contributed by atoms with Crippen LogP contribution in [0.4, 0.5) is 0 Å².